The van der Waals surface area contributed by atoms with E-state index < -0.39 is 0 Å². The van der Waals surface area contributed by atoms with Crippen molar-refractivity contribution >= 4 is 0 Å². The molecule has 0 aliphatic heterocycles. The number of hydrogen-bond acceptors (Lipinski definition) is 3. The molecule has 4 heteroatoms. The van der Waals surface area contributed by atoms with Gasteiger partial charge in [0.15, 0.2) is 0 Å². The molecule has 1 heterocycles. The maximum atomic E-state index is 5.97. The Kier molecular flexibility index (Phi) is 3.82. The van der Waals surface area contributed by atoms with E-state index >= 15 is 0 Å². The lowest BCUT2D eigenvalue weighted by molar-refractivity contribution is 0.199. The summed E-state index contributed by atoms with van der Waals surface area (Å²) in [6.07, 6.45) is 6.68. The van der Waals surface area contributed by atoms with Crippen molar-refractivity contribution in [3.63, 3.8) is 0 Å². The molecule has 1 aliphatic carbocycles. The monoisotopic (exact) mass is 236 g/mol. The van der Waals surface area contributed by atoms with Gasteiger partial charge in [-0.25, -0.2) is 4.68 Å². The normalized spacial score (nSPS) is 31.4. The van der Waals surface area contributed by atoms with Gasteiger partial charge >= 0.3 is 0 Å². The van der Waals surface area contributed by atoms with Gasteiger partial charge < -0.3 is 5.73 Å². The Bertz CT molecular complexity index is 360. The van der Waals surface area contributed by atoms with Crippen LogP contribution in [0.4, 0.5) is 0 Å². The Morgan fingerprint density at radius 3 is 2.82 bits per heavy atom. The van der Waals surface area contributed by atoms with Crippen molar-refractivity contribution < 1.29 is 0 Å². The van der Waals surface area contributed by atoms with Crippen LogP contribution in [0, 0.1) is 11.8 Å². The van der Waals surface area contributed by atoms with Crippen LogP contribution in [0.3, 0.4) is 0 Å². The van der Waals surface area contributed by atoms with Gasteiger partial charge in [-0.15, -0.1) is 5.10 Å². The van der Waals surface area contributed by atoms with E-state index in [0.717, 1.165) is 24.0 Å². The Labute approximate surface area is 104 Å². The quantitative estimate of drug-likeness (QED) is 0.877. The summed E-state index contributed by atoms with van der Waals surface area (Å²) < 4.78 is 2.03. The van der Waals surface area contributed by atoms with Crippen LogP contribution in [-0.4, -0.2) is 15.0 Å². The highest BCUT2D eigenvalue weighted by Gasteiger charge is 2.26. The van der Waals surface area contributed by atoms with Gasteiger partial charge in [-0.2, -0.15) is 0 Å². The van der Waals surface area contributed by atoms with E-state index in [1.54, 1.807) is 0 Å². The highest BCUT2D eigenvalue weighted by Crippen LogP contribution is 2.35. The van der Waals surface area contributed by atoms with Crippen molar-refractivity contribution in [2.24, 2.45) is 17.6 Å². The van der Waals surface area contributed by atoms with Crippen LogP contribution in [0.2, 0.25) is 0 Å². The highest BCUT2D eigenvalue weighted by atomic mass is 15.4. The summed E-state index contributed by atoms with van der Waals surface area (Å²) in [4.78, 5) is 0. The van der Waals surface area contributed by atoms with Crippen LogP contribution in [0.5, 0.6) is 0 Å². The molecular formula is C13H24N4. The summed E-state index contributed by atoms with van der Waals surface area (Å²) in [5.41, 5.74) is 6.90. The fourth-order valence-corrected chi connectivity index (χ4v) is 2.61. The van der Waals surface area contributed by atoms with Crippen molar-refractivity contribution in [1.29, 1.82) is 0 Å². The van der Waals surface area contributed by atoms with Gasteiger partial charge in [0.05, 0.1) is 24.0 Å². The van der Waals surface area contributed by atoms with Crippen LogP contribution < -0.4 is 5.73 Å². The average molecular weight is 236 g/mol. The van der Waals surface area contributed by atoms with Gasteiger partial charge in [-0.1, -0.05) is 26.0 Å². The van der Waals surface area contributed by atoms with E-state index in [-0.39, 0.29) is 6.04 Å². The first-order valence-corrected chi connectivity index (χ1v) is 6.79. The zero-order valence-electron chi connectivity index (χ0n) is 11.1. The minimum absolute atomic E-state index is 0.0312. The van der Waals surface area contributed by atoms with E-state index in [0.29, 0.717) is 6.04 Å². The SMILES string of the molecule is CCC(N)c1cn(C2CCC(C)C(C)C2)nn1. The Balaban J connectivity index is 2.05. The molecule has 1 aliphatic rings. The van der Waals surface area contributed by atoms with E-state index in [2.05, 4.69) is 31.1 Å². The second-order valence-corrected chi connectivity index (χ2v) is 5.56. The molecule has 17 heavy (non-hydrogen) atoms. The molecule has 4 nitrogen and oxygen atoms in total. The molecular weight excluding hydrogens is 212 g/mol. The van der Waals surface area contributed by atoms with Crippen LogP contribution in [0.1, 0.15) is 64.2 Å². The van der Waals surface area contributed by atoms with Gasteiger partial charge in [0.1, 0.15) is 0 Å². The van der Waals surface area contributed by atoms with E-state index in [9.17, 15) is 0 Å². The summed E-state index contributed by atoms with van der Waals surface area (Å²) in [6, 6.07) is 0.551. The van der Waals surface area contributed by atoms with Gasteiger partial charge in [0, 0.05) is 0 Å². The van der Waals surface area contributed by atoms with Crippen molar-refractivity contribution in [3.8, 4) is 0 Å². The van der Waals surface area contributed by atoms with Crippen LogP contribution >= 0.6 is 0 Å². The van der Waals surface area contributed by atoms with E-state index in [4.69, 9.17) is 5.73 Å². The first-order chi connectivity index (χ1) is 8.11. The minimum Gasteiger partial charge on any atom is -0.323 e. The Morgan fingerprint density at radius 2 is 2.18 bits per heavy atom. The molecule has 1 aromatic heterocycles. The molecule has 4 atom stereocenters. The molecule has 0 saturated heterocycles. The molecule has 1 saturated carbocycles. The molecule has 1 aromatic rings. The maximum absolute atomic E-state index is 5.97. The molecule has 0 bridgehead atoms. The fourth-order valence-electron chi connectivity index (χ4n) is 2.61. The van der Waals surface area contributed by atoms with Gasteiger partial charge in [-0.3, -0.25) is 0 Å². The number of hydrogen-bond donors (Lipinski definition) is 1. The molecule has 4 unspecified atom stereocenters. The summed E-state index contributed by atoms with van der Waals surface area (Å²) in [5.74, 6) is 1.62. The standard InChI is InChI=1S/C13H24N4/c1-4-12(14)13-8-17(16-15-13)11-6-5-9(2)10(3)7-11/h8-12H,4-7,14H2,1-3H3. The third-order valence-electron chi connectivity index (χ3n) is 4.29. The van der Waals surface area contributed by atoms with Crippen molar-refractivity contribution in [2.45, 2.75) is 58.5 Å². The molecule has 0 spiro atoms. The Morgan fingerprint density at radius 1 is 1.41 bits per heavy atom. The molecule has 2 N–H and O–H groups in total. The lowest BCUT2D eigenvalue weighted by Gasteiger charge is -2.31. The van der Waals surface area contributed by atoms with Crippen molar-refractivity contribution in [3.05, 3.63) is 11.9 Å². The lowest BCUT2D eigenvalue weighted by atomic mass is 9.79. The van der Waals surface area contributed by atoms with E-state index in [1.807, 2.05) is 10.9 Å². The summed E-state index contributed by atoms with van der Waals surface area (Å²) >= 11 is 0. The van der Waals surface area contributed by atoms with Crippen molar-refractivity contribution in [2.75, 3.05) is 0 Å². The molecule has 0 amide bonds. The average Bonchev–Trinajstić information content (AvgIpc) is 2.81. The Hall–Kier alpha value is -0.900. The second-order valence-electron chi connectivity index (χ2n) is 5.56. The number of aromatic nitrogens is 3. The largest absolute Gasteiger partial charge is 0.323 e. The summed E-state index contributed by atoms with van der Waals surface area (Å²) in [6.45, 7) is 6.77. The first-order valence-electron chi connectivity index (χ1n) is 6.79. The third kappa shape index (κ3) is 2.68. The number of rotatable bonds is 3. The molecule has 1 fully saturated rings. The van der Waals surface area contributed by atoms with E-state index in [1.165, 1.54) is 19.3 Å². The first kappa shape index (κ1) is 12.6. The zero-order chi connectivity index (χ0) is 12.4. The second kappa shape index (κ2) is 5.17. The predicted octanol–water partition coefficient (Wildman–Crippen LogP) is 2.69. The summed E-state index contributed by atoms with van der Waals surface area (Å²) in [7, 11) is 0. The lowest BCUT2D eigenvalue weighted by Crippen LogP contribution is -2.23. The smallest absolute Gasteiger partial charge is 0.0994 e. The number of nitrogens with two attached hydrogens (primary N) is 1. The molecule has 0 radical (unpaired) electrons. The molecule has 0 aromatic carbocycles. The summed E-state index contributed by atoms with van der Waals surface area (Å²) in [5, 5.41) is 8.45. The highest BCUT2D eigenvalue weighted by molar-refractivity contribution is 5.00. The van der Waals surface area contributed by atoms with Crippen molar-refractivity contribution in [1.82, 2.24) is 15.0 Å². The fraction of sp³-hybridized carbons (Fsp3) is 0.846. The van der Waals surface area contributed by atoms with Crippen LogP contribution in [0.15, 0.2) is 6.20 Å². The van der Waals surface area contributed by atoms with Gasteiger partial charge in [-0.05, 0) is 37.5 Å². The maximum Gasteiger partial charge on any atom is 0.0994 e. The topological polar surface area (TPSA) is 56.7 Å². The molecule has 96 valence electrons. The van der Waals surface area contributed by atoms with Gasteiger partial charge in [0.25, 0.3) is 0 Å². The predicted molar refractivity (Wildman–Crippen MR) is 68.5 cm³/mol. The molecule has 2 rings (SSSR count). The minimum atomic E-state index is 0.0312. The zero-order valence-corrected chi connectivity index (χ0v) is 11.1. The third-order valence-corrected chi connectivity index (χ3v) is 4.29. The van der Waals surface area contributed by atoms with Gasteiger partial charge in [0.2, 0.25) is 0 Å². The van der Waals surface area contributed by atoms with Crippen LogP contribution in [-0.2, 0) is 0 Å². The number of nitrogens with zero attached hydrogens (tertiary/aromatic N) is 3. The van der Waals surface area contributed by atoms with Crippen LogP contribution in [0.25, 0.3) is 0 Å².